The van der Waals surface area contributed by atoms with E-state index in [1.54, 1.807) is 24.3 Å². The van der Waals surface area contributed by atoms with Gasteiger partial charge in [0.2, 0.25) is 11.8 Å². The predicted octanol–water partition coefficient (Wildman–Crippen LogP) is 2.85. The lowest BCUT2D eigenvalue weighted by Crippen LogP contribution is -2.32. The third kappa shape index (κ3) is 4.45. The molecule has 7 heteroatoms. The standard InChI is InChI=1S/C23H27N3O4/c1-14(20(22(25)28)15-5-7-16(8-6-15)23(29)30)18-13-17(21(24)27)9-10-19(18)26-11-3-2-4-12-26/h5-10,13-14,20H,2-4,11-12H2,1H3,(H2,24,27)(H2,25,28)(H,29,30). The Kier molecular flexibility index (Phi) is 6.40. The van der Waals surface area contributed by atoms with Gasteiger partial charge in [-0.15, -0.1) is 0 Å². The van der Waals surface area contributed by atoms with Gasteiger partial charge in [0.25, 0.3) is 0 Å². The summed E-state index contributed by atoms with van der Waals surface area (Å²) in [5.74, 6) is -3.10. The van der Waals surface area contributed by atoms with E-state index in [9.17, 15) is 14.4 Å². The lowest BCUT2D eigenvalue weighted by molar-refractivity contribution is -0.119. The Balaban J connectivity index is 2.05. The molecule has 30 heavy (non-hydrogen) atoms. The van der Waals surface area contributed by atoms with Gasteiger partial charge in [-0.3, -0.25) is 9.59 Å². The Morgan fingerprint density at radius 3 is 2.07 bits per heavy atom. The van der Waals surface area contributed by atoms with Gasteiger partial charge in [0.15, 0.2) is 0 Å². The summed E-state index contributed by atoms with van der Waals surface area (Å²) in [7, 11) is 0. The van der Waals surface area contributed by atoms with Crippen LogP contribution in [0.3, 0.4) is 0 Å². The van der Waals surface area contributed by atoms with Gasteiger partial charge in [-0.25, -0.2) is 4.79 Å². The van der Waals surface area contributed by atoms with E-state index in [2.05, 4.69) is 4.90 Å². The number of rotatable bonds is 7. The van der Waals surface area contributed by atoms with Crippen LogP contribution in [0.15, 0.2) is 42.5 Å². The van der Waals surface area contributed by atoms with Gasteiger partial charge in [-0.05, 0) is 66.6 Å². The zero-order chi connectivity index (χ0) is 21.8. The minimum absolute atomic E-state index is 0.138. The van der Waals surface area contributed by atoms with Gasteiger partial charge >= 0.3 is 5.97 Å². The van der Waals surface area contributed by atoms with Crippen LogP contribution in [0.1, 0.15) is 69.9 Å². The Morgan fingerprint density at radius 2 is 1.53 bits per heavy atom. The summed E-state index contributed by atoms with van der Waals surface area (Å²) in [6.45, 7) is 3.71. The number of carbonyl (C=O) groups is 3. The highest BCUT2D eigenvalue weighted by Crippen LogP contribution is 2.39. The number of carbonyl (C=O) groups excluding carboxylic acids is 2. The van der Waals surface area contributed by atoms with Crippen molar-refractivity contribution in [3.63, 3.8) is 0 Å². The van der Waals surface area contributed by atoms with Crippen LogP contribution in [0.25, 0.3) is 0 Å². The molecule has 1 heterocycles. The first-order chi connectivity index (χ1) is 14.3. The smallest absolute Gasteiger partial charge is 0.335 e. The number of nitrogens with zero attached hydrogens (tertiary/aromatic N) is 1. The van der Waals surface area contributed by atoms with Crippen LogP contribution in [0, 0.1) is 0 Å². The summed E-state index contributed by atoms with van der Waals surface area (Å²) in [6, 6.07) is 11.5. The topological polar surface area (TPSA) is 127 Å². The van der Waals surface area contributed by atoms with E-state index in [1.165, 1.54) is 18.6 Å². The molecule has 0 bridgehead atoms. The highest BCUT2D eigenvalue weighted by atomic mass is 16.4. The quantitative estimate of drug-likeness (QED) is 0.648. The van der Waals surface area contributed by atoms with Crippen LogP contribution >= 0.6 is 0 Å². The molecule has 1 aliphatic heterocycles. The van der Waals surface area contributed by atoms with Crippen molar-refractivity contribution in [2.45, 2.75) is 38.0 Å². The SMILES string of the molecule is CC(c1cc(C(N)=O)ccc1N1CCCCC1)C(C(N)=O)c1ccc(C(=O)O)cc1. The van der Waals surface area contributed by atoms with Crippen molar-refractivity contribution in [1.82, 2.24) is 0 Å². The van der Waals surface area contributed by atoms with E-state index in [0.717, 1.165) is 37.2 Å². The molecule has 2 aromatic rings. The van der Waals surface area contributed by atoms with Crippen molar-refractivity contribution in [1.29, 1.82) is 0 Å². The summed E-state index contributed by atoms with van der Waals surface area (Å²) in [6.07, 6.45) is 3.35. The van der Waals surface area contributed by atoms with Crippen LogP contribution in [-0.4, -0.2) is 36.0 Å². The van der Waals surface area contributed by atoms with Crippen LogP contribution in [0.5, 0.6) is 0 Å². The summed E-state index contributed by atoms with van der Waals surface area (Å²) >= 11 is 0. The zero-order valence-electron chi connectivity index (χ0n) is 17.0. The maximum absolute atomic E-state index is 12.4. The Bertz CT molecular complexity index is 949. The third-order valence-corrected chi connectivity index (χ3v) is 5.82. The number of hydrogen-bond donors (Lipinski definition) is 3. The second kappa shape index (κ2) is 8.98. The molecule has 0 radical (unpaired) electrons. The number of carboxylic acid groups (broad SMARTS) is 1. The van der Waals surface area contributed by atoms with Crippen LogP contribution in [0.4, 0.5) is 5.69 Å². The number of carboxylic acids is 1. The largest absolute Gasteiger partial charge is 0.478 e. The van der Waals surface area contributed by atoms with E-state index in [0.29, 0.717) is 11.1 Å². The number of benzene rings is 2. The van der Waals surface area contributed by atoms with E-state index in [1.807, 2.05) is 13.0 Å². The fourth-order valence-corrected chi connectivity index (χ4v) is 4.21. The molecule has 2 aromatic carbocycles. The number of nitrogens with two attached hydrogens (primary N) is 2. The first-order valence-corrected chi connectivity index (χ1v) is 10.1. The molecule has 2 atom stereocenters. The van der Waals surface area contributed by atoms with Crippen LogP contribution < -0.4 is 16.4 Å². The summed E-state index contributed by atoms with van der Waals surface area (Å²) in [5, 5.41) is 9.13. The van der Waals surface area contributed by atoms with Crippen LogP contribution in [0.2, 0.25) is 0 Å². The molecule has 5 N–H and O–H groups in total. The van der Waals surface area contributed by atoms with E-state index >= 15 is 0 Å². The molecule has 0 saturated carbocycles. The monoisotopic (exact) mass is 409 g/mol. The number of aromatic carboxylic acids is 1. The first-order valence-electron chi connectivity index (χ1n) is 10.1. The number of amides is 2. The minimum Gasteiger partial charge on any atom is -0.478 e. The summed E-state index contributed by atoms with van der Waals surface area (Å²) < 4.78 is 0. The highest BCUT2D eigenvalue weighted by Gasteiger charge is 2.30. The molecule has 1 saturated heterocycles. The van der Waals surface area contributed by atoms with Crippen molar-refractivity contribution in [3.05, 3.63) is 64.7 Å². The molecule has 0 aromatic heterocycles. The highest BCUT2D eigenvalue weighted by molar-refractivity contribution is 5.94. The average Bonchev–Trinajstić information content (AvgIpc) is 2.74. The number of hydrogen-bond acceptors (Lipinski definition) is 4. The average molecular weight is 409 g/mol. The van der Waals surface area contributed by atoms with E-state index in [4.69, 9.17) is 16.6 Å². The first kappa shape index (κ1) is 21.4. The number of anilines is 1. The molecule has 2 amide bonds. The molecule has 1 fully saturated rings. The zero-order valence-corrected chi connectivity index (χ0v) is 17.0. The minimum atomic E-state index is -1.04. The molecule has 0 aliphatic carbocycles. The van der Waals surface area contributed by atoms with Gasteiger partial charge in [0.1, 0.15) is 0 Å². The normalized spacial score (nSPS) is 16.0. The van der Waals surface area contributed by atoms with Crippen molar-refractivity contribution in [2.75, 3.05) is 18.0 Å². The Labute approximate surface area is 175 Å². The fourth-order valence-electron chi connectivity index (χ4n) is 4.21. The van der Waals surface area contributed by atoms with Crippen molar-refractivity contribution >= 4 is 23.5 Å². The third-order valence-electron chi connectivity index (χ3n) is 5.82. The Hall–Kier alpha value is -3.35. The maximum atomic E-state index is 12.4. The Morgan fingerprint density at radius 1 is 0.933 bits per heavy atom. The summed E-state index contributed by atoms with van der Waals surface area (Å²) in [4.78, 5) is 37.7. The molecule has 3 rings (SSSR count). The van der Waals surface area contributed by atoms with Crippen LogP contribution in [-0.2, 0) is 4.79 Å². The molecule has 0 spiro atoms. The molecule has 2 unspecified atom stereocenters. The molecule has 1 aliphatic rings. The second-order valence-corrected chi connectivity index (χ2v) is 7.78. The van der Waals surface area contributed by atoms with Gasteiger partial charge in [0, 0.05) is 24.3 Å². The van der Waals surface area contributed by atoms with Crippen molar-refractivity contribution < 1.29 is 19.5 Å². The molecular weight excluding hydrogens is 382 g/mol. The molecule has 7 nitrogen and oxygen atoms in total. The van der Waals surface area contributed by atoms with Gasteiger partial charge in [-0.2, -0.15) is 0 Å². The lowest BCUT2D eigenvalue weighted by Gasteiger charge is -2.33. The fraction of sp³-hybridized carbons (Fsp3) is 0.348. The number of piperidine rings is 1. The predicted molar refractivity (Wildman–Crippen MR) is 115 cm³/mol. The maximum Gasteiger partial charge on any atom is 0.335 e. The lowest BCUT2D eigenvalue weighted by atomic mass is 9.80. The van der Waals surface area contributed by atoms with Gasteiger partial charge in [-0.1, -0.05) is 19.1 Å². The molecular formula is C23H27N3O4. The van der Waals surface area contributed by atoms with Crippen molar-refractivity contribution in [3.8, 4) is 0 Å². The second-order valence-electron chi connectivity index (χ2n) is 7.78. The van der Waals surface area contributed by atoms with E-state index < -0.39 is 23.7 Å². The summed E-state index contributed by atoms with van der Waals surface area (Å²) in [5.41, 5.74) is 14.2. The number of primary amides is 2. The van der Waals surface area contributed by atoms with Crippen molar-refractivity contribution in [2.24, 2.45) is 11.5 Å². The molecule has 158 valence electrons. The van der Waals surface area contributed by atoms with E-state index in [-0.39, 0.29) is 11.5 Å². The van der Waals surface area contributed by atoms with Gasteiger partial charge in [0.05, 0.1) is 11.5 Å². The van der Waals surface area contributed by atoms with Gasteiger partial charge < -0.3 is 21.5 Å².